The number of anilines is 1. The van der Waals surface area contributed by atoms with Crippen molar-refractivity contribution in [3.8, 4) is 0 Å². The highest BCUT2D eigenvalue weighted by Gasteiger charge is 2.28. The van der Waals surface area contributed by atoms with Crippen LogP contribution in [0.2, 0.25) is 0 Å². The Kier molecular flexibility index (Phi) is 4.64. The van der Waals surface area contributed by atoms with Crippen LogP contribution in [0.15, 0.2) is 24.3 Å². The Morgan fingerprint density at radius 2 is 1.96 bits per heavy atom. The smallest absolute Gasteiger partial charge is 0.256 e. The maximum Gasteiger partial charge on any atom is 0.256 e. The summed E-state index contributed by atoms with van der Waals surface area (Å²) in [5.74, 6) is 0.673. The Balaban J connectivity index is 1.72. The number of amides is 2. The lowest BCUT2D eigenvalue weighted by Gasteiger charge is -2.07. The molecular weight excluding hydrogens is 304 g/mol. The van der Waals surface area contributed by atoms with Crippen molar-refractivity contribution in [1.82, 2.24) is 15.5 Å². The normalized spacial score (nSPS) is 13.6. The number of benzene rings is 1. The second-order valence-electron chi connectivity index (χ2n) is 6.18. The van der Waals surface area contributed by atoms with Crippen LogP contribution in [-0.2, 0) is 0 Å². The summed E-state index contributed by atoms with van der Waals surface area (Å²) < 4.78 is 0. The van der Waals surface area contributed by atoms with E-state index in [1.54, 1.807) is 24.3 Å². The first-order chi connectivity index (χ1) is 11.6. The number of aromatic nitrogens is 2. The molecule has 2 amide bonds. The molecule has 2 aromatic rings. The highest BCUT2D eigenvalue weighted by atomic mass is 16.2. The van der Waals surface area contributed by atoms with Gasteiger partial charge in [-0.2, -0.15) is 5.10 Å². The van der Waals surface area contributed by atoms with Gasteiger partial charge in [0.2, 0.25) is 0 Å². The van der Waals surface area contributed by atoms with Gasteiger partial charge in [-0.3, -0.25) is 14.7 Å². The summed E-state index contributed by atoms with van der Waals surface area (Å²) in [6.07, 6.45) is 3.21. The molecular formula is C18H22N4O2. The number of H-pyrrole nitrogens is 1. The Morgan fingerprint density at radius 1 is 1.25 bits per heavy atom. The van der Waals surface area contributed by atoms with Crippen molar-refractivity contribution in [2.75, 3.05) is 11.9 Å². The number of carbonyl (C=O) groups excluding carboxylic acids is 2. The number of carbonyl (C=O) groups is 2. The van der Waals surface area contributed by atoms with E-state index in [0.29, 0.717) is 29.4 Å². The number of hydrogen-bond donors (Lipinski definition) is 3. The molecule has 0 unspecified atom stereocenters. The summed E-state index contributed by atoms with van der Waals surface area (Å²) in [5.41, 5.74) is 3.02. The van der Waals surface area contributed by atoms with Crippen molar-refractivity contribution in [3.05, 3.63) is 46.6 Å². The lowest BCUT2D eigenvalue weighted by atomic mass is 10.1. The third kappa shape index (κ3) is 3.48. The predicted molar refractivity (Wildman–Crippen MR) is 92.3 cm³/mol. The maximum absolute atomic E-state index is 12.5. The van der Waals surface area contributed by atoms with Gasteiger partial charge >= 0.3 is 0 Å². The summed E-state index contributed by atoms with van der Waals surface area (Å²) in [4.78, 5) is 24.5. The van der Waals surface area contributed by atoms with E-state index in [2.05, 4.69) is 20.8 Å². The van der Waals surface area contributed by atoms with Crippen LogP contribution in [0.1, 0.15) is 64.1 Å². The third-order valence-corrected chi connectivity index (χ3v) is 4.19. The molecule has 6 nitrogen and oxygen atoms in total. The highest BCUT2D eigenvalue weighted by molar-refractivity contribution is 6.06. The first-order valence-corrected chi connectivity index (χ1v) is 8.34. The minimum Gasteiger partial charge on any atom is -0.352 e. The zero-order valence-corrected chi connectivity index (χ0v) is 14.0. The summed E-state index contributed by atoms with van der Waals surface area (Å²) in [5, 5.41) is 12.9. The topological polar surface area (TPSA) is 86.9 Å². The maximum atomic E-state index is 12.5. The van der Waals surface area contributed by atoms with Gasteiger partial charge in [0.25, 0.3) is 11.8 Å². The molecule has 0 radical (unpaired) electrons. The monoisotopic (exact) mass is 326 g/mol. The van der Waals surface area contributed by atoms with E-state index in [4.69, 9.17) is 0 Å². The predicted octanol–water partition coefficient (Wildman–Crippen LogP) is 2.99. The first-order valence-electron chi connectivity index (χ1n) is 8.34. The van der Waals surface area contributed by atoms with Gasteiger partial charge in [-0.1, -0.05) is 13.0 Å². The fraction of sp³-hybridized carbons (Fsp3) is 0.389. The molecule has 1 fully saturated rings. The molecule has 0 spiro atoms. The molecule has 3 rings (SSSR count). The van der Waals surface area contributed by atoms with Gasteiger partial charge in [0, 0.05) is 34.8 Å². The minimum absolute atomic E-state index is 0.168. The van der Waals surface area contributed by atoms with Crippen LogP contribution in [0.25, 0.3) is 0 Å². The van der Waals surface area contributed by atoms with Crippen LogP contribution in [-0.4, -0.2) is 28.6 Å². The van der Waals surface area contributed by atoms with Crippen molar-refractivity contribution >= 4 is 17.6 Å². The van der Waals surface area contributed by atoms with Crippen molar-refractivity contribution in [3.63, 3.8) is 0 Å². The molecule has 24 heavy (non-hydrogen) atoms. The van der Waals surface area contributed by atoms with Crippen LogP contribution in [0.3, 0.4) is 0 Å². The van der Waals surface area contributed by atoms with E-state index in [-0.39, 0.29) is 11.8 Å². The summed E-state index contributed by atoms with van der Waals surface area (Å²) in [7, 11) is 0. The van der Waals surface area contributed by atoms with Gasteiger partial charge in [0.05, 0.1) is 0 Å². The number of hydrogen-bond acceptors (Lipinski definition) is 3. The largest absolute Gasteiger partial charge is 0.352 e. The Hall–Kier alpha value is -2.63. The minimum atomic E-state index is -0.267. The van der Waals surface area contributed by atoms with Crippen LogP contribution < -0.4 is 10.6 Å². The molecule has 126 valence electrons. The Morgan fingerprint density at radius 3 is 2.62 bits per heavy atom. The van der Waals surface area contributed by atoms with Crippen LogP contribution >= 0.6 is 0 Å². The number of rotatable bonds is 6. The quantitative estimate of drug-likeness (QED) is 0.762. The SMILES string of the molecule is CCCNC(=O)c1cccc(C(=O)Nc2n[nH]c(C3CC3)c2C)c1. The molecule has 1 aliphatic carbocycles. The van der Waals surface area contributed by atoms with E-state index in [0.717, 1.165) is 17.7 Å². The molecule has 0 saturated heterocycles. The second kappa shape index (κ2) is 6.86. The first kappa shape index (κ1) is 16.2. The van der Waals surface area contributed by atoms with E-state index < -0.39 is 0 Å². The molecule has 0 bridgehead atoms. The molecule has 1 aromatic heterocycles. The summed E-state index contributed by atoms with van der Waals surface area (Å²) in [6.45, 7) is 4.57. The van der Waals surface area contributed by atoms with Gasteiger partial charge < -0.3 is 10.6 Å². The van der Waals surface area contributed by atoms with Crippen LogP contribution in [0, 0.1) is 6.92 Å². The van der Waals surface area contributed by atoms with Crippen molar-refractivity contribution in [1.29, 1.82) is 0 Å². The van der Waals surface area contributed by atoms with E-state index >= 15 is 0 Å². The zero-order valence-electron chi connectivity index (χ0n) is 14.0. The lowest BCUT2D eigenvalue weighted by molar-refractivity contribution is 0.0953. The van der Waals surface area contributed by atoms with E-state index in [1.165, 1.54) is 12.8 Å². The molecule has 1 aromatic carbocycles. The van der Waals surface area contributed by atoms with Gasteiger partial charge in [0.15, 0.2) is 5.82 Å². The Bertz CT molecular complexity index is 762. The van der Waals surface area contributed by atoms with Crippen LogP contribution in [0.5, 0.6) is 0 Å². The fourth-order valence-corrected chi connectivity index (χ4v) is 2.62. The van der Waals surface area contributed by atoms with E-state index in [1.807, 2.05) is 13.8 Å². The average molecular weight is 326 g/mol. The molecule has 1 saturated carbocycles. The summed E-state index contributed by atoms with van der Waals surface area (Å²) >= 11 is 0. The van der Waals surface area contributed by atoms with E-state index in [9.17, 15) is 9.59 Å². The Labute approximate surface area is 141 Å². The second-order valence-corrected chi connectivity index (χ2v) is 6.18. The molecule has 0 atom stereocenters. The number of nitrogens with zero attached hydrogens (tertiary/aromatic N) is 1. The van der Waals surface area contributed by atoms with Gasteiger partial charge in [0.1, 0.15) is 0 Å². The van der Waals surface area contributed by atoms with Crippen LogP contribution in [0.4, 0.5) is 5.82 Å². The molecule has 1 heterocycles. The van der Waals surface area contributed by atoms with Crippen molar-refractivity contribution in [2.45, 2.75) is 39.0 Å². The number of nitrogens with one attached hydrogen (secondary N) is 3. The lowest BCUT2D eigenvalue weighted by Crippen LogP contribution is -2.24. The standard InChI is InChI=1S/C18H22N4O2/c1-3-9-19-17(23)13-5-4-6-14(10-13)18(24)20-16-11(2)15(21-22-16)12-7-8-12/h4-6,10,12H,3,7-9H2,1-2H3,(H,19,23)(H2,20,21,22,24). The fourth-order valence-electron chi connectivity index (χ4n) is 2.62. The van der Waals surface area contributed by atoms with Crippen molar-refractivity contribution in [2.24, 2.45) is 0 Å². The van der Waals surface area contributed by atoms with Gasteiger partial charge in [-0.25, -0.2) is 0 Å². The summed E-state index contributed by atoms with van der Waals surface area (Å²) in [6, 6.07) is 6.70. The average Bonchev–Trinajstić information content (AvgIpc) is 3.38. The number of aromatic amines is 1. The third-order valence-electron chi connectivity index (χ3n) is 4.19. The molecule has 1 aliphatic rings. The molecule has 6 heteroatoms. The highest BCUT2D eigenvalue weighted by Crippen LogP contribution is 2.41. The van der Waals surface area contributed by atoms with Gasteiger partial charge in [-0.15, -0.1) is 0 Å². The van der Waals surface area contributed by atoms with Gasteiger partial charge in [-0.05, 0) is 44.4 Å². The molecule has 0 aliphatic heterocycles. The molecule has 3 N–H and O–H groups in total. The zero-order chi connectivity index (χ0) is 17.1. The van der Waals surface area contributed by atoms with Crippen molar-refractivity contribution < 1.29 is 9.59 Å².